The minimum absolute atomic E-state index is 0.0499. The van der Waals surface area contributed by atoms with Gasteiger partial charge in [-0.3, -0.25) is 0 Å². The molecule has 0 amide bonds. The fraction of sp³-hybridized carbons (Fsp3) is 0.158. The quantitative estimate of drug-likeness (QED) is 0.748. The SMILES string of the molecule is CC=Cc1ccc2oc(-c3c(O)cc(OC)cc3OC)cc2c1. The molecule has 3 aromatic rings. The summed E-state index contributed by atoms with van der Waals surface area (Å²) in [5.41, 5.74) is 2.36. The van der Waals surface area contributed by atoms with Crippen LogP contribution in [-0.4, -0.2) is 19.3 Å². The summed E-state index contributed by atoms with van der Waals surface area (Å²) in [6.45, 7) is 1.98. The highest BCUT2D eigenvalue weighted by Crippen LogP contribution is 2.43. The largest absolute Gasteiger partial charge is 0.507 e. The number of phenols is 1. The van der Waals surface area contributed by atoms with Crippen molar-refractivity contribution >= 4 is 17.0 Å². The van der Waals surface area contributed by atoms with Gasteiger partial charge in [0, 0.05) is 17.5 Å². The predicted molar refractivity (Wildman–Crippen MR) is 91.1 cm³/mol. The summed E-state index contributed by atoms with van der Waals surface area (Å²) in [5.74, 6) is 1.62. The van der Waals surface area contributed by atoms with Crippen molar-refractivity contribution in [1.82, 2.24) is 0 Å². The molecular formula is C19H18O4. The summed E-state index contributed by atoms with van der Waals surface area (Å²) in [6.07, 6.45) is 4.01. The highest BCUT2D eigenvalue weighted by atomic mass is 16.5. The summed E-state index contributed by atoms with van der Waals surface area (Å²) in [4.78, 5) is 0. The third-order valence-corrected chi connectivity index (χ3v) is 3.66. The number of hydrogen-bond donors (Lipinski definition) is 1. The van der Waals surface area contributed by atoms with Gasteiger partial charge in [0.05, 0.1) is 14.2 Å². The van der Waals surface area contributed by atoms with Crippen molar-refractivity contribution < 1.29 is 19.0 Å². The van der Waals surface area contributed by atoms with E-state index in [0.29, 0.717) is 22.8 Å². The molecule has 0 aliphatic heterocycles. The maximum Gasteiger partial charge on any atom is 0.142 e. The van der Waals surface area contributed by atoms with E-state index in [1.54, 1.807) is 13.2 Å². The van der Waals surface area contributed by atoms with Crippen molar-refractivity contribution in [3.8, 4) is 28.6 Å². The molecule has 3 rings (SSSR count). The van der Waals surface area contributed by atoms with Gasteiger partial charge in [-0.1, -0.05) is 18.2 Å². The third-order valence-electron chi connectivity index (χ3n) is 3.66. The molecule has 0 fully saturated rings. The fourth-order valence-corrected chi connectivity index (χ4v) is 2.58. The van der Waals surface area contributed by atoms with Crippen LogP contribution >= 0.6 is 0 Å². The van der Waals surface area contributed by atoms with E-state index in [-0.39, 0.29) is 5.75 Å². The van der Waals surface area contributed by atoms with Crippen LogP contribution in [0.4, 0.5) is 0 Å². The standard InChI is InChI=1S/C19H18O4/c1-4-5-12-6-7-16-13(8-12)9-18(23-16)19-15(20)10-14(21-2)11-17(19)22-3/h4-11,20H,1-3H3. The van der Waals surface area contributed by atoms with Crippen LogP contribution in [-0.2, 0) is 0 Å². The van der Waals surface area contributed by atoms with Crippen molar-refractivity contribution in [2.24, 2.45) is 0 Å². The molecular weight excluding hydrogens is 292 g/mol. The molecule has 0 unspecified atom stereocenters. The van der Waals surface area contributed by atoms with E-state index in [0.717, 1.165) is 16.5 Å². The zero-order valence-electron chi connectivity index (χ0n) is 13.3. The Hall–Kier alpha value is -2.88. The molecule has 0 radical (unpaired) electrons. The van der Waals surface area contributed by atoms with E-state index in [9.17, 15) is 5.11 Å². The number of phenolic OH excluding ortho intramolecular Hbond substituents is 1. The van der Waals surface area contributed by atoms with E-state index in [4.69, 9.17) is 13.9 Å². The Morgan fingerprint density at radius 2 is 1.87 bits per heavy atom. The molecule has 0 aliphatic rings. The molecule has 0 saturated carbocycles. The van der Waals surface area contributed by atoms with Crippen molar-refractivity contribution in [1.29, 1.82) is 0 Å². The maximum atomic E-state index is 10.3. The molecule has 4 nitrogen and oxygen atoms in total. The van der Waals surface area contributed by atoms with E-state index in [2.05, 4.69) is 0 Å². The first-order valence-electron chi connectivity index (χ1n) is 7.28. The predicted octanol–water partition coefficient (Wildman–Crippen LogP) is 4.86. The lowest BCUT2D eigenvalue weighted by molar-refractivity contribution is 0.385. The Balaban J connectivity index is 2.16. The van der Waals surface area contributed by atoms with E-state index >= 15 is 0 Å². The molecule has 0 atom stereocenters. The number of allylic oxidation sites excluding steroid dienone is 1. The summed E-state index contributed by atoms with van der Waals surface area (Å²) in [7, 11) is 3.09. The molecule has 23 heavy (non-hydrogen) atoms. The lowest BCUT2D eigenvalue weighted by Crippen LogP contribution is -1.90. The molecule has 4 heteroatoms. The first-order chi connectivity index (χ1) is 11.2. The van der Waals surface area contributed by atoms with Gasteiger partial charge in [0.25, 0.3) is 0 Å². The monoisotopic (exact) mass is 310 g/mol. The van der Waals surface area contributed by atoms with Crippen LogP contribution in [0.25, 0.3) is 28.4 Å². The smallest absolute Gasteiger partial charge is 0.142 e. The highest BCUT2D eigenvalue weighted by molar-refractivity contribution is 5.87. The van der Waals surface area contributed by atoms with Gasteiger partial charge in [-0.15, -0.1) is 0 Å². The molecule has 2 aromatic carbocycles. The Morgan fingerprint density at radius 1 is 1.04 bits per heavy atom. The van der Waals surface area contributed by atoms with Gasteiger partial charge in [-0.25, -0.2) is 0 Å². The highest BCUT2D eigenvalue weighted by Gasteiger charge is 2.18. The van der Waals surface area contributed by atoms with Gasteiger partial charge in [-0.2, -0.15) is 0 Å². The summed E-state index contributed by atoms with van der Waals surface area (Å²) < 4.78 is 16.4. The lowest BCUT2D eigenvalue weighted by atomic mass is 10.1. The summed E-state index contributed by atoms with van der Waals surface area (Å²) >= 11 is 0. The summed E-state index contributed by atoms with van der Waals surface area (Å²) in [6, 6.07) is 11.1. The number of ether oxygens (including phenoxy) is 2. The number of hydrogen-bond acceptors (Lipinski definition) is 4. The molecule has 0 spiro atoms. The second kappa shape index (κ2) is 6.08. The minimum atomic E-state index is 0.0499. The number of fused-ring (bicyclic) bond motifs is 1. The van der Waals surface area contributed by atoms with Crippen LogP contribution in [0.15, 0.2) is 46.9 Å². The van der Waals surface area contributed by atoms with Crippen molar-refractivity contribution in [3.63, 3.8) is 0 Å². The van der Waals surface area contributed by atoms with Gasteiger partial charge in [-0.05, 0) is 30.7 Å². The van der Waals surface area contributed by atoms with Crippen LogP contribution < -0.4 is 9.47 Å². The van der Waals surface area contributed by atoms with Crippen LogP contribution in [0.2, 0.25) is 0 Å². The maximum absolute atomic E-state index is 10.3. The van der Waals surface area contributed by atoms with Gasteiger partial charge in [0.15, 0.2) is 0 Å². The van der Waals surface area contributed by atoms with Gasteiger partial charge in [0.2, 0.25) is 0 Å². The average Bonchev–Trinajstić information content (AvgIpc) is 2.96. The second-order valence-electron chi connectivity index (χ2n) is 5.13. The minimum Gasteiger partial charge on any atom is -0.507 e. The number of rotatable bonds is 4. The number of aromatic hydroxyl groups is 1. The molecule has 118 valence electrons. The van der Waals surface area contributed by atoms with Crippen molar-refractivity contribution in [2.45, 2.75) is 6.92 Å². The van der Waals surface area contributed by atoms with Crippen LogP contribution in [0.1, 0.15) is 12.5 Å². The Bertz CT molecular complexity index is 874. The van der Waals surface area contributed by atoms with Gasteiger partial charge >= 0.3 is 0 Å². The van der Waals surface area contributed by atoms with Crippen LogP contribution in [0, 0.1) is 0 Å². The Kier molecular flexibility index (Phi) is 3.98. The number of furan rings is 1. The Labute approximate surface area is 134 Å². The Morgan fingerprint density at radius 3 is 2.57 bits per heavy atom. The van der Waals surface area contributed by atoms with Crippen molar-refractivity contribution in [2.75, 3.05) is 14.2 Å². The lowest BCUT2D eigenvalue weighted by Gasteiger charge is -2.10. The van der Waals surface area contributed by atoms with Crippen LogP contribution in [0.5, 0.6) is 17.2 Å². The molecule has 1 N–H and O–H groups in total. The summed E-state index contributed by atoms with van der Waals surface area (Å²) in [5, 5.41) is 11.3. The molecule has 0 aliphatic carbocycles. The molecule has 1 heterocycles. The first-order valence-corrected chi connectivity index (χ1v) is 7.28. The normalized spacial score (nSPS) is 11.3. The average molecular weight is 310 g/mol. The second-order valence-corrected chi connectivity index (χ2v) is 5.13. The van der Waals surface area contributed by atoms with E-state index in [1.807, 2.05) is 43.3 Å². The first kappa shape index (κ1) is 15.0. The van der Waals surface area contributed by atoms with Crippen molar-refractivity contribution in [3.05, 3.63) is 48.0 Å². The van der Waals surface area contributed by atoms with Crippen LogP contribution in [0.3, 0.4) is 0 Å². The third kappa shape index (κ3) is 2.75. The van der Waals surface area contributed by atoms with Gasteiger partial charge in [0.1, 0.15) is 34.2 Å². The zero-order chi connectivity index (χ0) is 16.4. The van der Waals surface area contributed by atoms with E-state index in [1.165, 1.54) is 13.2 Å². The number of benzene rings is 2. The zero-order valence-corrected chi connectivity index (χ0v) is 13.3. The fourth-order valence-electron chi connectivity index (χ4n) is 2.58. The van der Waals surface area contributed by atoms with Gasteiger partial charge < -0.3 is 19.0 Å². The molecule has 0 saturated heterocycles. The van der Waals surface area contributed by atoms with E-state index < -0.39 is 0 Å². The topological polar surface area (TPSA) is 51.8 Å². The number of methoxy groups -OCH3 is 2. The molecule has 0 bridgehead atoms. The molecule has 1 aromatic heterocycles.